The molecule has 0 spiro atoms. The maximum Gasteiger partial charge on any atom is 0.162 e. The van der Waals surface area contributed by atoms with Gasteiger partial charge < -0.3 is 14.8 Å². The van der Waals surface area contributed by atoms with E-state index in [1.165, 1.54) is 4.88 Å². The highest BCUT2D eigenvalue weighted by molar-refractivity contribution is 7.10. The van der Waals surface area contributed by atoms with Crippen LogP contribution in [0.2, 0.25) is 0 Å². The van der Waals surface area contributed by atoms with E-state index >= 15 is 0 Å². The summed E-state index contributed by atoms with van der Waals surface area (Å²) in [7, 11) is 0. The van der Waals surface area contributed by atoms with Crippen LogP contribution in [-0.2, 0) is 9.47 Å². The minimum absolute atomic E-state index is 0.283. The maximum atomic E-state index is 5.61. The lowest BCUT2D eigenvalue weighted by Crippen LogP contribution is -2.49. The molecule has 1 aromatic rings. The second-order valence-corrected chi connectivity index (χ2v) is 5.60. The second kappa shape index (κ2) is 4.84. The zero-order valence-corrected chi connectivity index (χ0v) is 10.8. The predicted octanol–water partition coefficient (Wildman–Crippen LogP) is 2.55. The van der Waals surface area contributed by atoms with Gasteiger partial charge in [-0.1, -0.05) is 6.07 Å². The molecule has 1 fully saturated rings. The average Bonchev–Trinajstić information content (AvgIpc) is 2.74. The SMILES string of the molecule is CC(NC1COC(C)(C)OC1)c1cccs1. The van der Waals surface area contributed by atoms with Crippen LogP contribution in [0.1, 0.15) is 31.7 Å². The van der Waals surface area contributed by atoms with Gasteiger partial charge in [-0.25, -0.2) is 0 Å². The van der Waals surface area contributed by atoms with E-state index in [9.17, 15) is 0 Å². The van der Waals surface area contributed by atoms with Gasteiger partial charge in [-0.15, -0.1) is 11.3 Å². The van der Waals surface area contributed by atoms with Crippen LogP contribution < -0.4 is 5.32 Å². The maximum absolute atomic E-state index is 5.61. The normalized spacial score (nSPS) is 23.2. The molecule has 0 saturated carbocycles. The largest absolute Gasteiger partial charge is 0.349 e. The quantitative estimate of drug-likeness (QED) is 0.882. The first-order chi connectivity index (χ1) is 7.57. The molecule has 1 saturated heterocycles. The van der Waals surface area contributed by atoms with Gasteiger partial charge in [-0.3, -0.25) is 0 Å². The van der Waals surface area contributed by atoms with Crippen molar-refractivity contribution >= 4 is 11.3 Å². The van der Waals surface area contributed by atoms with Gasteiger partial charge in [-0.2, -0.15) is 0 Å². The van der Waals surface area contributed by atoms with E-state index in [0.29, 0.717) is 19.3 Å². The number of hydrogen-bond acceptors (Lipinski definition) is 4. The lowest BCUT2D eigenvalue weighted by Gasteiger charge is -2.36. The Morgan fingerprint density at radius 3 is 2.69 bits per heavy atom. The van der Waals surface area contributed by atoms with Crippen LogP contribution in [0.4, 0.5) is 0 Å². The molecule has 2 heterocycles. The molecule has 1 aliphatic heterocycles. The Morgan fingerprint density at radius 1 is 1.44 bits per heavy atom. The van der Waals surface area contributed by atoms with Crippen LogP contribution in [0.25, 0.3) is 0 Å². The summed E-state index contributed by atoms with van der Waals surface area (Å²) in [4.78, 5) is 1.35. The van der Waals surface area contributed by atoms with Crippen molar-refractivity contribution in [1.82, 2.24) is 5.32 Å². The van der Waals surface area contributed by atoms with Gasteiger partial charge in [0.15, 0.2) is 5.79 Å². The van der Waals surface area contributed by atoms with E-state index in [0.717, 1.165) is 0 Å². The smallest absolute Gasteiger partial charge is 0.162 e. The molecule has 0 radical (unpaired) electrons. The van der Waals surface area contributed by atoms with E-state index in [1.807, 2.05) is 13.8 Å². The van der Waals surface area contributed by atoms with Gasteiger partial charge in [0.1, 0.15) is 0 Å². The summed E-state index contributed by atoms with van der Waals surface area (Å²) in [6.45, 7) is 7.49. The zero-order chi connectivity index (χ0) is 11.6. The van der Waals surface area contributed by atoms with Gasteiger partial charge >= 0.3 is 0 Å². The van der Waals surface area contributed by atoms with Gasteiger partial charge in [-0.05, 0) is 32.2 Å². The average molecular weight is 241 g/mol. The molecule has 1 aromatic heterocycles. The lowest BCUT2D eigenvalue weighted by atomic mass is 10.2. The molecule has 2 rings (SSSR count). The van der Waals surface area contributed by atoms with Crippen LogP contribution in [0.5, 0.6) is 0 Å². The Kier molecular flexibility index (Phi) is 3.64. The van der Waals surface area contributed by atoms with Crippen molar-refractivity contribution in [2.45, 2.75) is 38.6 Å². The first-order valence-electron chi connectivity index (χ1n) is 5.64. The lowest BCUT2D eigenvalue weighted by molar-refractivity contribution is -0.253. The van der Waals surface area contributed by atoms with Gasteiger partial charge in [0.2, 0.25) is 0 Å². The molecule has 3 nitrogen and oxygen atoms in total. The number of rotatable bonds is 3. The van der Waals surface area contributed by atoms with E-state index < -0.39 is 5.79 Å². The van der Waals surface area contributed by atoms with Crippen molar-refractivity contribution in [2.75, 3.05) is 13.2 Å². The van der Waals surface area contributed by atoms with Crippen LogP contribution in [0, 0.1) is 0 Å². The summed E-state index contributed by atoms with van der Waals surface area (Å²) >= 11 is 1.78. The fourth-order valence-corrected chi connectivity index (χ4v) is 2.51. The highest BCUT2D eigenvalue weighted by Crippen LogP contribution is 2.21. The summed E-state index contributed by atoms with van der Waals surface area (Å²) in [5.74, 6) is -0.426. The van der Waals surface area contributed by atoms with Gasteiger partial charge in [0, 0.05) is 10.9 Å². The number of nitrogens with one attached hydrogen (secondary N) is 1. The topological polar surface area (TPSA) is 30.5 Å². The fraction of sp³-hybridized carbons (Fsp3) is 0.667. The highest BCUT2D eigenvalue weighted by atomic mass is 32.1. The standard InChI is InChI=1S/C12H19NO2S/c1-9(11-5-4-6-16-11)13-10-7-14-12(2,3)15-8-10/h4-6,9-10,13H,7-8H2,1-3H3. The number of ether oxygens (including phenoxy) is 2. The molecular weight excluding hydrogens is 222 g/mol. The summed E-state index contributed by atoms with van der Waals surface area (Å²) in [5.41, 5.74) is 0. The van der Waals surface area contributed by atoms with Crippen molar-refractivity contribution in [3.05, 3.63) is 22.4 Å². The first kappa shape index (κ1) is 12.0. The Balaban J connectivity index is 1.83. The molecule has 1 unspecified atom stereocenters. The fourth-order valence-electron chi connectivity index (χ4n) is 1.76. The summed E-state index contributed by atoms with van der Waals surface area (Å²) in [6.07, 6.45) is 0. The number of hydrogen-bond donors (Lipinski definition) is 1. The van der Waals surface area contributed by atoms with E-state index in [-0.39, 0.29) is 6.04 Å². The van der Waals surface area contributed by atoms with Crippen LogP contribution >= 0.6 is 11.3 Å². The summed E-state index contributed by atoms with van der Waals surface area (Å²) in [5, 5.41) is 5.62. The minimum Gasteiger partial charge on any atom is -0.349 e. The Hall–Kier alpha value is -0.420. The molecule has 16 heavy (non-hydrogen) atoms. The molecule has 1 atom stereocenters. The molecule has 0 aromatic carbocycles. The third-order valence-electron chi connectivity index (χ3n) is 2.72. The Labute approximate surface area is 101 Å². The third-order valence-corrected chi connectivity index (χ3v) is 3.77. The highest BCUT2D eigenvalue weighted by Gasteiger charge is 2.28. The molecule has 90 valence electrons. The Morgan fingerprint density at radius 2 is 2.12 bits per heavy atom. The van der Waals surface area contributed by atoms with Crippen LogP contribution in [0.15, 0.2) is 17.5 Å². The van der Waals surface area contributed by atoms with Crippen LogP contribution in [0.3, 0.4) is 0 Å². The van der Waals surface area contributed by atoms with E-state index in [1.54, 1.807) is 11.3 Å². The van der Waals surface area contributed by atoms with Crippen molar-refractivity contribution in [3.63, 3.8) is 0 Å². The predicted molar refractivity (Wildman–Crippen MR) is 65.6 cm³/mol. The molecule has 0 bridgehead atoms. The third kappa shape index (κ3) is 3.04. The summed E-state index contributed by atoms with van der Waals surface area (Å²) in [6, 6.07) is 4.87. The van der Waals surface area contributed by atoms with Crippen molar-refractivity contribution in [2.24, 2.45) is 0 Å². The van der Waals surface area contributed by atoms with E-state index in [2.05, 4.69) is 29.8 Å². The number of thiophene rings is 1. The monoisotopic (exact) mass is 241 g/mol. The molecule has 1 N–H and O–H groups in total. The summed E-state index contributed by atoms with van der Waals surface area (Å²) < 4.78 is 11.2. The van der Waals surface area contributed by atoms with Gasteiger partial charge in [0.25, 0.3) is 0 Å². The minimum atomic E-state index is -0.426. The Bertz CT molecular complexity index is 314. The molecule has 0 amide bonds. The van der Waals surface area contributed by atoms with Gasteiger partial charge in [0.05, 0.1) is 19.3 Å². The molecule has 1 aliphatic rings. The van der Waals surface area contributed by atoms with Crippen molar-refractivity contribution in [1.29, 1.82) is 0 Å². The molecular formula is C12H19NO2S. The van der Waals surface area contributed by atoms with Crippen molar-refractivity contribution in [3.8, 4) is 0 Å². The van der Waals surface area contributed by atoms with Crippen LogP contribution in [-0.4, -0.2) is 25.0 Å². The molecule has 4 heteroatoms. The van der Waals surface area contributed by atoms with Crippen molar-refractivity contribution < 1.29 is 9.47 Å². The first-order valence-corrected chi connectivity index (χ1v) is 6.52. The van der Waals surface area contributed by atoms with E-state index in [4.69, 9.17) is 9.47 Å². The molecule has 0 aliphatic carbocycles. The second-order valence-electron chi connectivity index (χ2n) is 4.62. The zero-order valence-electron chi connectivity index (χ0n) is 10.0.